The van der Waals surface area contributed by atoms with Gasteiger partial charge in [0.15, 0.2) is 0 Å². The number of ether oxygens (including phenoxy) is 1. The van der Waals surface area contributed by atoms with Crippen molar-refractivity contribution in [3.05, 3.63) is 57.4 Å². The molecule has 0 saturated carbocycles. The molecule has 0 spiro atoms. The van der Waals surface area contributed by atoms with Gasteiger partial charge in [-0.1, -0.05) is 36.7 Å². The number of hydrogen-bond donors (Lipinski definition) is 1. The Bertz CT molecular complexity index is 1120. The van der Waals surface area contributed by atoms with Crippen LogP contribution in [0.1, 0.15) is 71.4 Å². The molecule has 2 aromatic rings. The minimum absolute atomic E-state index is 0.173. The topological polar surface area (TPSA) is 81.4 Å². The lowest BCUT2D eigenvalue weighted by atomic mass is 9.83. The zero-order chi connectivity index (χ0) is 22.4. The fraction of sp³-hybridized carbons (Fsp3) is 0.480. The maximum absolute atomic E-state index is 13.8. The van der Waals surface area contributed by atoms with Crippen LogP contribution in [0.5, 0.6) is 0 Å². The molecule has 1 N–H and O–H groups in total. The first-order valence-electron chi connectivity index (χ1n) is 11.4. The summed E-state index contributed by atoms with van der Waals surface area (Å²) in [6.45, 7) is 3.39. The Labute approximate surface area is 192 Å². The van der Waals surface area contributed by atoms with E-state index in [2.05, 4.69) is 6.92 Å². The van der Waals surface area contributed by atoms with Crippen molar-refractivity contribution in [2.45, 2.75) is 51.4 Å². The van der Waals surface area contributed by atoms with Crippen molar-refractivity contribution in [3.63, 3.8) is 0 Å². The number of carboxylic acids is 1. The number of hydrogen-bond acceptors (Lipinski definition) is 4. The Balaban J connectivity index is 1.57. The second-order valence-corrected chi connectivity index (χ2v) is 9.72. The number of nitrogens with zero attached hydrogens (tertiary/aromatic N) is 2. The number of benzene rings is 1. The summed E-state index contributed by atoms with van der Waals surface area (Å²) in [4.78, 5) is 25.2. The van der Waals surface area contributed by atoms with Gasteiger partial charge in [-0.3, -0.25) is 9.59 Å². The third-order valence-corrected chi connectivity index (χ3v) is 7.43. The number of allylic oxidation sites excluding steroid dienone is 2. The summed E-state index contributed by atoms with van der Waals surface area (Å²) in [6.07, 6.45) is 6.51. The van der Waals surface area contributed by atoms with Crippen molar-refractivity contribution < 1.29 is 19.4 Å². The van der Waals surface area contributed by atoms with Crippen molar-refractivity contribution in [1.82, 2.24) is 9.78 Å². The quantitative estimate of drug-likeness (QED) is 0.722. The number of aromatic nitrogens is 2. The average molecular weight is 455 g/mol. The predicted molar refractivity (Wildman–Crippen MR) is 121 cm³/mol. The van der Waals surface area contributed by atoms with Crippen molar-refractivity contribution in [1.29, 1.82) is 0 Å². The number of carbonyl (C=O) groups excluding carboxylic acids is 1. The van der Waals surface area contributed by atoms with E-state index in [1.807, 2.05) is 18.2 Å². The first kappa shape index (κ1) is 21.4. The molecular formula is C25H27ClN2O4. The maximum atomic E-state index is 13.8. The fourth-order valence-electron chi connectivity index (χ4n) is 5.11. The number of fused-ring (bicyclic) bond motifs is 1. The minimum Gasteiger partial charge on any atom is -0.481 e. The average Bonchev–Trinajstić information content (AvgIpc) is 3.11. The number of aliphatic carboxylic acids is 1. The van der Waals surface area contributed by atoms with Gasteiger partial charge in [0.1, 0.15) is 0 Å². The third kappa shape index (κ3) is 3.69. The van der Waals surface area contributed by atoms with Gasteiger partial charge in [0.2, 0.25) is 0 Å². The summed E-state index contributed by atoms with van der Waals surface area (Å²) in [5.41, 5.74) is 5.47. The normalized spacial score (nSPS) is 23.2. The monoisotopic (exact) mass is 454 g/mol. The molecule has 6 nitrogen and oxygen atoms in total. The van der Waals surface area contributed by atoms with E-state index < -0.39 is 5.97 Å². The Morgan fingerprint density at radius 1 is 1.22 bits per heavy atom. The van der Waals surface area contributed by atoms with Crippen molar-refractivity contribution in [2.24, 2.45) is 11.8 Å². The van der Waals surface area contributed by atoms with Gasteiger partial charge in [0.05, 0.1) is 41.1 Å². The zero-order valence-electron chi connectivity index (χ0n) is 18.1. The molecule has 0 bridgehead atoms. The number of carbonyl (C=O) groups is 2. The molecule has 2 atom stereocenters. The van der Waals surface area contributed by atoms with Gasteiger partial charge < -0.3 is 9.84 Å². The molecule has 1 aromatic heterocycles. The van der Waals surface area contributed by atoms with Gasteiger partial charge in [-0.15, -0.1) is 0 Å². The first-order chi connectivity index (χ1) is 15.4. The summed E-state index contributed by atoms with van der Waals surface area (Å²) in [5, 5.41) is 14.6. The van der Waals surface area contributed by atoms with E-state index in [1.54, 1.807) is 10.7 Å². The highest BCUT2D eigenvalue weighted by atomic mass is 35.5. The van der Waals surface area contributed by atoms with Crippen LogP contribution in [-0.4, -0.2) is 40.0 Å². The Morgan fingerprint density at radius 2 is 2.03 bits per heavy atom. The van der Waals surface area contributed by atoms with E-state index in [0.29, 0.717) is 49.0 Å². The second kappa shape index (κ2) is 8.49. The van der Waals surface area contributed by atoms with Crippen LogP contribution in [0.4, 0.5) is 0 Å². The molecule has 2 unspecified atom stereocenters. The summed E-state index contributed by atoms with van der Waals surface area (Å²) in [5.74, 6) is -0.627. The molecule has 3 aliphatic rings. The molecule has 2 aliphatic carbocycles. The van der Waals surface area contributed by atoms with E-state index in [4.69, 9.17) is 21.4 Å². The van der Waals surface area contributed by atoms with Crippen molar-refractivity contribution in [3.8, 4) is 0 Å². The standard InChI is InChI=1S/C25H27ClN2O4/c1-14-5-10-19-21(11-14)28(27-23(19)15-6-8-16(9-7-15)25(30)31)24(29)22-18(17-12-32-13-17)3-2-4-20(22)26/h2-4,6,14,16-17H,5,7-13H2,1H3,(H,30,31). The highest BCUT2D eigenvalue weighted by Gasteiger charge is 2.33. The molecule has 168 valence electrons. The van der Waals surface area contributed by atoms with Gasteiger partial charge in [-0.25, -0.2) is 0 Å². The van der Waals surface area contributed by atoms with Gasteiger partial charge >= 0.3 is 5.97 Å². The highest BCUT2D eigenvalue weighted by molar-refractivity contribution is 6.34. The molecule has 0 radical (unpaired) electrons. The van der Waals surface area contributed by atoms with Crippen LogP contribution in [-0.2, 0) is 22.4 Å². The van der Waals surface area contributed by atoms with Gasteiger partial charge in [0.25, 0.3) is 5.91 Å². The Morgan fingerprint density at radius 3 is 2.69 bits per heavy atom. The summed E-state index contributed by atoms with van der Waals surface area (Å²) in [6, 6.07) is 5.60. The van der Waals surface area contributed by atoms with Crippen LogP contribution >= 0.6 is 11.6 Å². The smallest absolute Gasteiger partial charge is 0.306 e. The molecule has 5 rings (SSSR count). The molecule has 7 heteroatoms. The molecule has 1 saturated heterocycles. The SMILES string of the molecule is CC1CCc2c(C3=CCC(C(=O)O)CC3)nn(C(=O)c3c(Cl)cccc3C3COC3)c2C1. The third-order valence-electron chi connectivity index (χ3n) is 7.11. The van der Waals surface area contributed by atoms with E-state index in [9.17, 15) is 14.7 Å². The maximum Gasteiger partial charge on any atom is 0.306 e. The van der Waals surface area contributed by atoms with E-state index >= 15 is 0 Å². The molecular weight excluding hydrogens is 428 g/mol. The van der Waals surface area contributed by atoms with Crippen LogP contribution in [0, 0.1) is 11.8 Å². The van der Waals surface area contributed by atoms with Crippen LogP contribution in [0.2, 0.25) is 5.02 Å². The largest absolute Gasteiger partial charge is 0.481 e. The van der Waals surface area contributed by atoms with E-state index in [0.717, 1.165) is 47.4 Å². The van der Waals surface area contributed by atoms with Crippen molar-refractivity contribution in [2.75, 3.05) is 13.2 Å². The Hall–Kier alpha value is -2.44. The number of rotatable bonds is 4. The molecule has 0 amide bonds. The van der Waals surface area contributed by atoms with E-state index in [-0.39, 0.29) is 17.7 Å². The van der Waals surface area contributed by atoms with Crippen LogP contribution in [0.25, 0.3) is 5.57 Å². The fourth-order valence-corrected chi connectivity index (χ4v) is 5.37. The molecule has 32 heavy (non-hydrogen) atoms. The summed E-state index contributed by atoms with van der Waals surface area (Å²) < 4.78 is 6.94. The minimum atomic E-state index is -0.747. The molecule has 1 aliphatic heterocycles. The summed E-state index contributed by atoms with van der Waals surface area (Å²) in [7, 11) is 0. The first-order valence-corrected chi connectivity index (χ1v) is 11.8. The highest BCUT2D eigenvalue weighted by Crippen LogP contribution is 2.38. The predicted octanol–water partition coefficient (Wildman–Crippen LogP) is 4.73. The van der Waals surface area contributed by atoms with Gasteiger partial charge in [-0.05, 0) is 61.6 Å². The molecule has 2 heterocycles. The number of halogens is 1. The lowest BCUT2D eigenvalue weighted by Crippen LogP contribution is -2.29. The van der Waals surface area contributed by atoms with Crippen LogP contribution < -0.4 is 0 Å². The lowest BCUT2D eigenvalue weighted by molar-refractivity contribution is -0.141. The van der Waals surface area contributed by atoms with Crippen LogP contribution in [0.15, 0.2) is 24.3 Å². The van der Waals surface area contributed by atoms with Crippen molar-refractivity contribution >= 4 is 29.1 Å². The van der Waals surface area contributed by atoms with Crippen LogP contribution in [0.3, 0.4) is 0 Å². The second-order valence-electron chi connectivity index (χ2n) is 9.32. The van der Waals surface area contributed by atoms with Gasteiger partial charge in [0, 0.05) is 11.5 Å². The molecule has 1 aromatic carbocycles. The lowest BCUT2D eigenvalue weighted by Gasteiger charge is -2.28. The zero-order valence-corrected chi connectivity index (χ0v) is 18.9. The summed E-state index contributed by atoms with van der Waals surface area (Å²) >= 11 is 6.54. The van der Waals surface area contributed by atoms with Gasteiger partial charge in [-0.2, -0.15) is 9.78 Å². The number of carboxylic acid groups (broad SMARTS) is 1. The Kier molecular flexibility index (Phi) is 5.68. The molecule has 1 fully saturated rings. The van der Waals surface area contributed by atoms with E-state index in [1.165, 1.54) is 0 Å².